The minimum Gasteiger partial charge on any atom is -0.396 e. The summed E-state index contributed by atoms with van der Waals surface area (Å²) < 4.78 is 10.1. The average Bonchev–Trinajstić information content (AvgIpc) is 1.62. The molecule has 0 radical (unpaired) electrons. The van der Waals surface area contributed by atoms with Gasteiger partial charge >= 0.3 is 0 Å². The van der Waals surface area contributed by atoms with Gasteiger partial charge in [0.25, 0.3) is 0 Å². The molecule has 18 aromatic rings. The molecule has 91 heavy (non-hydrogen) atoms. The molecule has 2 N–H and O–H groups in total. The lowest BCUT2D eigenvalue weighted by molar-refractivity contribution is 1.05. The number of hydrogen-bond donors (Lipinski definition) is 1. The van der Waals surface area contributed by atoms with Crippen LogP contribution in [0.15, 0.2) is 261 Å². The lowest BCUT2D eigenvalue weighted by atomic mass is 9.91. The number of thiophene rings is 2. The first-order chi connectivity index (χ1) is 44.9. The number of nitriles is 2. The molecule has 424 valence electrons. The molecule has 0 fully saturated rings. The zero-order chi connectivity index (χ0) is 60.8. The van der Waals surface area contributed by atoms with Crippen molar-refractivity contribution >= 4 is 141 Å². The molecule has 5 aromatic heterocycles. The van der Waals surface area contributed by atoms with E-state index in [4.69, 9.17) is 5.73 Å². The second-order valence-electron chi connectivity index (χ2n) is 23.5. The van der Waals surface area contributed by atoms with Crippen molar-refractivity contribution in [2.75, 3.05) is 5.73 Å². The van der Waals surface area contributed by atoms with Gasteiger partial charge in [-0.25, -0.2) is 0 Å². The smallest absolute Gasteiger partial charge is 0.104 e. The molecule has 0 atom stereocenters. The minimum absolute atomic E-state index is 0.185. The van der Waals surface area contributed by atoms with Crippen molar-refractivity contribution in [2.45, 2.75) is 6.92 Å². The molecule has 0 saturated heterocycles. The number of aromatic nitrogens is 3. The molecule has 13 aromatic carbocycles. The van der Waals surface area contributed by atoms with E-state index in [1.54, 1.807) is 22.7 Å². The van der Waals surface area contributed by atoms with E-state index in [-0.39, 0.29) is 11.3 Å². The van der Waals surface area contributed by atoms with Gasteiger partial charge in [-0.2, -0.15) is 10.5 Å². The highest BCUT2D eigenvalue weighted by molar-refractivity contribution is 7.26. The molecule has 0 aliphatic heterocycles. The average molecular weight is 1200 g/mol. The van der Waals surface area contributed by atoms with E-state index >= 15 is 0 Å². The van der Waals surface area contributed by atoms with E-state index in [9.17, 15) is 10.5 Å². The third-order valence-corrected chi connectivity index (χ3v) is 21.4. The largest absolute Gasteiger partial charge is 0.396 e. The van der Waals surface area contributed by atoms with Crippen LogP contribution in [0.4, 0.5) is 5.69 Å². The maximum atomic E-state index is 12.9. The van der Waals surface area contributed by atoms with Crippen LogP contribution in [0.2, 0.25) is 0 Å². The van der Waals surface area contributed by atoms with E-state index in [0.29, 0.717) is 22.6 Å². The molecule has 0 spiro atoms. The molecular weight excluding hydrogens is 1150 g/mol. The Morgan fingerprint density at radius 2 is 0.879 bits per heavy atom. The number of fused-ring (bicyclic) bond motifs is 14. The van der Waals surface area contributed by atoms with Crippen molar-refractivity contribution in [1.29, 1.82) is 10.5 Å². The highest BCUT2D eigenvalue weighted by Crippen LogP contribution is 2.53. The van der Waals surface area contributed by atoms with Gasteiger partial charge in [0, 0.05) is 52.7 Å². The molecule has 0 saturated carbocycles. The summed E-state index contributed by atoms with van der Waals surface area (Å²) in [5, 5.41) is 38.5. The van der Waals surface area contributed by atoms with Gasteiger partial charge in [0.1, 0.15) is 23.3 Å². The number of para-hydroxylation sites is 2. The number of benzene rings is 13. The molecule has 0 aliphatic carbocycles. The molecule has 18 rings (SSSR count). The van der Waals surface area contributed by atoms with Crippen LogP contribution in [0.3, 0.4) is 0 Å². The Labute approximate surface area is 530 Å². The molecule has 5 heterocycles. The standard InChI is InChI=1S/C83H50N6S2/c1-3-53-63-40-38-52(58-27-8-9-28-59(58)60-33-19-23-50-21-5-7-26-56(50)60)45-72(63)89(80(53)82-48(2)54-24-12-16-36-74(54)90-82)78-68(46-84)76(86)77(69(47-85)79(78)87-70-34-14-10-29-61(70)62-30-11-15-35-71(62)87)88-73-44-51(57-32-18-22-49-20-4-6-25-55(49)57)39-41-64(73)66-42-43-67-65-31-13-17-37-75(65)91-83(67)81(66)88/h3-45H,1,86H2,2H3. The van der Waals surface area contributed by atoms with Crippen molar-refractivity contribution in [3.63, 3.8) is 0 Å². The lowest BCUT2D eigenvalue weighted by Crippen LogP contribution is -2.15. The minimum atomic E-state index is 0.185. The molecule has 0 amide bonds. The zero-order valence-electron chi connectivity index (χ0n) is 49.2. The Morgan fingerprint density at radius 3 is 1.55 bits per heavy atom. The number of nitrogens with zero attached hydrogens (tertiary/aromatic N) is 5. The van der Waals surface area contributed by atoms with Crippen molar-refractivity contribution in [3.05, 3.63) is 284 Å². The van der Waals surface area contributed by atoms with Gasteiger partial charge in [0.05, 0.1) is 65.6 Å². The van der Waals surface area contributed by atoms with Crippen LogP contribution < -0.4 is 5.73 Å². The fourth-order valence-electron chi connectivity index (χ4n) is 14.9. The summed E-state index contributed by atoms with van der Waals surface area (Å²) in [5.41, 5.74) is 23.8. The number of anilines is 1. The summed E-state index contributed by atoms with van der Waals surface area (Å²) in [5.74, 6) is 0. The van der Waals surface area contributed by atoms with E-state index in [0.717, 1.165) is 161 Å². The third kappa shape index (κ3) is 7.50. The Balaban J connectivity index is 1.05. The molecular formula is C83H50N6S2. The summed E-state index contributed by atoms with van der Waals surface area (Å²) in [7, 11) is 0. The quantitative estimate of drug-likeness (QED) is 0.154. The molecule has 0 bridgehead atoms. The first kappa shape index (κ1) is 52.4. The van der Waals surface area contributed by atoms with E-state index in [2.05, 4.69) is 294 Å². The van der Waals surface area contributed by atoms with Crippen LogP contribution in [0.1, 0.15) is 22.3 Å². The lowest BCUT2D eigenvalue weighted by Gasteiger charge is -2.25. The van der Waals surface area contributed by atoms with Crippen LogP contribution in [0.5, 0.6) is 0 Å². The van der Waals surface area contributed by atoms with Gasteiger partial charge in [0.2, 0.25) is 0 Å². The van der Waals surface area contributed by atoms with Crippen molar-refractivity contribution in [3.8, 4) is 73.2 Å². The van der Waals surface area contributed by atoms with E-state index in [1.165, 1.54) is 0 Å². The van der Waals surface area contributed by atoms with Gasteiger partial charge in [-0.1, -0.05) is 231 Å². The van der Waals surface area contributed by atoms with Gasteiger partial charge in [-0.15, -0.1) is 22.7 Å². The monoisotopic (exact) mass is 1190 g/mol. The van der Waals surface area contributed by atoms with Crippen molar-refractivity contribution < 1.29 is 0 Å². The fraction of sp³-hybridized carbons (Fsp3) is 0.0120. The second kappa shape index (κ2) is 20.1. The topological polar surface area (TPSA) is 88.4 Å². The predicted molar refractivity (Wildman–Crippen MR) is 386 cm³/mol. The Bertz CT molecular complexity index is 6240. The summed E-state index contributed by atoms with van der Waals surface area (Å²) in [6, 6.07) is 96.1. The fourth-order valence-corrected chi connectivity index (χ4v) is 17.4. The van der Waals surface area contributed by atoms with Crippen LogP contribution in [-0.4, -0.2) is 13.7 Å². The third-order valence-electron chi connectivity index (χ3n) is 18.9. The van der Waals surface area contributed by atoms with Crippen molar-refractivity contribution in [1.82, 2.24) is 13.7 Å². The highest BCUT2D eigenvalue weighted by Gasteiger charge is 2.35. The van der Waals surface area contributed by atoms with Crippen LogP contribution >= 0.6 is 22.7 Å². The van der Waals surface area contributed by atoms with Gasteiger partial charge in [-0.05, 0) is 109 Å². The molecule has 0 unspecified atom stereocenters. The van der Waals surface area contributed by atoms with Crippen molar-refractivity contribution in [2.24, 2.45) is 0 Å². The Kier molecular flexibility index (Phi) is 11.6. The van der Waals surface area contributed by atoms with Gasteiger partial charge < -0.3 is 19.4 Å². The van der Waals surface area contributed by atoms with Crippen LogP contribution in [0.25, 0.3) is 173 Å². The summed E-state index contributed by atoms with van der Waals surface area (Å²) in [4.78, 5) is 1.01. The zero-order valence-corrected chi connectivity index (χ0v) is 50.8. The molecule has 6 nitrogen and oxygen atoms in total. The number of nitrogen functional groups attached to an aromatic ring is 1. The summed E-state index contributed by atoms with van der Waals surface area (Å²) in [6.45, 7) is 6.79. The normalized spacial score (nSPS) is 11.9. The Hall–Kier alpha value is -11.8. The van der Waals surface area contributed by atoms with E-state index in [1.807, 2.05) is 6.08 Å². The summed E-state index contributed by atoms with van der Waals surface area (Å²) in [6.07, 6.45) is 1.96. The van der Waals surface area contributed by atoms with E-state index < -0.39 is 0 Å². The second-order valence-corrected chi connectivity index (χ2v) is 25.6. The van der Waals surface area contributed by atoms with Crippen LogP contribution in [0, 0.1) is 29.6 Å². The number of rotatable bonds is 8. The molecule has 0 aliphatic rings. The highest BCUT2D eigenvalue weighted by atomic mass is 32.1. The van der Waals surface area contributed by atoms with Crippen LogP contribution in [-0.2, 0) is 0 Å². The Morgan fingerprint density at radius 1 is 0.396 bits per heavy atom. The van der Waals surface area contributed by atoms with Gasteiger partial charge in [0.15, 0.2) is 0 Å². The predicted octanol–water partition coefficient (Wildman–Crippen LogP) is 22.7. The SMILES string of the molecule is C=Cc1c(-c2sc3ccccc3c2C)n(-c2c(C#N)c(N)c(-n3c4cc(-c5cccc6ccccc56)ccc4c4ccc5c6ccccc6sc5c43)c(C#N)c2-n2c3ccccc3c3ccccc32)c2cc(-c3ccccc3-c3cccc4ccccc34)ccc12. The first-order valence-corrected chi connectivity index (χ1v) is 32.1. The number of nitrogens with two attached hydrogens (primary N) is 1. The summed E-state index contributed by atoms with van der Waals surface area (Å²) >= 11 is 3.45. The number of hydrogen-bond acceptors (Lipinski definition) is 5. The number of aryl methyl sites for hydroxylation is 1. The first-order valence-electron chi connectivity index (χ1n) is 30.4. The maximum absolute atomic E-state index is 12.9. The maximum Gasteiger partial charge on any atom is 0.104 e. The van der Waals surface area contributed by atoms with Gasteiger partial charge in [-0.3, -0.25) is 0 Å². The molecule has 8 heteroatoms.